The number of ether oxygens (including phenoxy) is 1. The van der Waals surface area contributed by atoms with E-state index in [9.17, 15) is 4.79 Å². The topological polar surface area (TPSA) is 64.3 Å². The lowest BCUT2D eigenvalue weighted by Crippen LogP contribution is -2.28. The molecule has 17 heavy (non-hydrogen) atoms. The van der Waals surface area contributed by atoms with Gasteiger partial charge in [0.2, 0.25) is 5.91 Å². The average Bonchev–Trinajstić information content (AvgIpc) is 2.40. The van der Waals surface area contributed by atoms with E-state index < -0.39 is 0 Å². The molecule has 1 aliphatic rings. The van der Waals surface area contributed by atoms with Crippen molar-refractivity contribution in [1.29, 1.82) is 0 Å². The smallest absolute Gasteiger partial charge is 0.227 e. The molecule has 0 aromatic heterocycles. The fraction of sp³-hybridized carbons (Fsp3) is 0.462. The van der Waals surface area contributed by atoms with Gasteiger partial charge in [-0.1, -0.05) is 12.1 Å². The summed E-state index contributed by atoms with van der Waals surface area (Å²) in [5, 5.41) is 2.93. The first-order valence-corrected chi connectivity index (χ1v) is 5.97. The molecule has 2 rings (SSSR count). The van der Waals surface area contributed by atoms with Crippen molar-refractivity contribution in [3.05, 3.63) is 29.8 Å². The van der Waals surface area contributed by atoms with Gasteiger partial charge in [-0.3, -0.25) is 4.79 Å². The van der Waals surface area contributed by atoms with E-state index in [0.717, 1.165) is 24.1 Å². The van der Waals surface area contributed by atoms with Gasteiger partial charge < -0.3 is 15.8 Å². The van der Waals surface area contributed by atoms with Crippen LogP contribution >= 0.6 is 0 Å². The third-order valence-electron chi connectivity index (χ3n) is 3.05. The van der Waals surface area contributed by atoms with Crippen LogP contribution in [0, 0.1) is 5.92 Å². The number of nitrogens with one attached hydrogen (secondary N) is 1. The minimum Gasteiger partial charge on any atom is -0.381 e. The predicted molar refractivity (Wildman–Crippen MR) is 66.5 cm³/mol. The Morgan fingerprint density at radius 3 is 2.53 bits per heavy atom. The van der Waals surface area contributed by atoms with Crippen LogP contribution in [0.2, 0.25) is 0 Å². The number of anilines is 1. The number of nitrogens with two attached hydrogens (primary N) is 1. The van der Waals surface area contributed by atoms with E-state index in [1.54, 1.807) is 0 Å². The highest BCUT2D eigenvalue weighted by Gasteiger charge is 2.21. The summed E-state index contributed by atoms with van der Waals surface area (Å²) in [4.78, 5) is 11.9. The first-order valence-electron chi connectivity index (χ1n) is 5.97. The minimum absolute atomic E-state index is 0.0814. The molecule has 1 aliphatic heterocycles. The molecule has 1 amide bonds. The van der Waals surface area contributed by atoms with Crippen molar-refractivity contribution in [1.82, 2.24) is 0 Å². The Labute approximate surface area is 101 Å². The van der Waals surface area contributed by atoms with Crippen molar-refractivity contribution >= 4 is 11.6 Å². The van der Waals surface area contributed by atoms with Crippen molar-refractivity contribution in [2.75, 3.05) is 18.5 Å². The van der Waals surface area contributed by atoms with Crippen LogP contribution in [0.15, 0.2) is 24.3 Å². The largest absolute Gasteiger partial charge is 0.381 e. The second kappa shape index (κ2) is 5.80. The number of hydrogen-bond donors (Lipinski definition) is 2. The molecule has 0 atom stereocenters. The third kappa shape index (κ3) is 3.28. The van der Waals surface area contributed by atoms with Crippen molar-refractivity contribution < 1.29 is 9.53 Å². The van der Waals surface area contributed by atoms with E-state index in [-0.39, 0.29) is 11.8 Å². The highest BCUT2D eigenvalue weighted by molar-refractivity contribution is 5.92. The van der Waals surface area contributed by atoms with Crippen LogP contribution in [0.5, 0.6) is 0 Å². The summed E-state index contributed by atoms with van der Waals surface area (Å²) in [6, 6.07) is 7.64. The first-order chi connectivity index (χ1) is 8.29. The number of rotatable bonds is 3. The average molecular weight is 234 g/mol. The zero-order chi connectivity index (χ0) is 12.1. The Kier molecular flexibility index (Phi) is 4.12. The van der Waals surface area contributed by atoms with Crippen molar-refractivity contribution in [3.63, 3.8) is 0 Å². The van der Waals surface area contributed by atoms with Gasteiger partial charge in [-0.05, 0) is 30.5 Å². The van der Waals surface area contributed by atoms with Gasteiger partial charge in [0.05, 0.1) is 0 Å². The second-order valence-corrected chi connectivity index (χ2v) is 4.28. The minimum atomic E-state index is 0.0814. The zero-order valence-corrected chi connectivity index (χ0v) is 9.82. The molecule has 4 heteroatoms. The van der Waals surface area contributed by atoms with Crippen LogP contribution in [-0.2, 0) is 16.1 Å². The van der Waals surface area contributed by atoms with Crippen LogP contribution in [0.1, 0.15) is 18.4 Å². The van der Waals surface area contributed by atoms with Gasteiger partial charge in [0, 0.05) is 31.4 Å². The number of hydrogen-bond acceptors (Lipinski definition) is 3. The maximum Gasteiger partial charge on any atom is 0.227 e. The van der Waals surface area contributed by atoms with Gasteiger partial charge in [-0.25, -0.2) is 0 Å². The summed E-state index contributed by atoms with van der Waals surface area (Å²) in [6.45, 7) is 1.89. The molecule has 0 saturated carbocycles. The van der Waals surface area contributed by atoms with Gasteiger partial charge in [-0.2, -0.15) is 0 Å². The quantitative estimate of drug-likeness (QED) is 0.833. The maximum atomic E-state index is 11.9. The Bertz CT molecular complexity index is 370. The molecule has 1 aromatic rings. The molecule has 1 saturated heterocycles. The summed E-state index contributed by atoms with van der Waals surface area (Å²) in [5.74, 6) is 0.173. The van der Waals surface area contributed by atoms with E-state index in [1.165, 1.54) is 0 Å². The Morgan fingerprint density at radius 2 is 1.94 bits per heavy atom. The molecule has 1 aromatic carbocycles. The van der Waals surface area contributed by atoms with Gasteiger partial charge in [-0.15, -0.1) is 0 Å². The third-order valence-corrected chi connectivity index (χ3v) is 3.05. The van der Waals surface area contributed by atoms with Crippen LogP contribution < -0.4 is 11.1 Å². The summed E-state index contributed by atoms with van der Waals surface area (Å²) in [7, 11) is 0. The summed E-state index contributed by atoms with van der Waals surface area (Å²) >= 11 is 0. The molecule has 1 heterocycles. The lowest BCUT2D eigenvalue weighted by molar-refractivity contribution is -0.122. The number of carbonyl (C=O) groups excluding carboxylic acids is 1. The monoisotopic (exact) mass is 234 g/mol. The number of carbonyl (C=O) groups is 1. The van der Waals surface area contributed by atoms with Crippen LogP contribution in [0.4, 0.5) is 5.69 Å². The molecule has 0 spiro atoms. The Morgan fingerprint density at radius 1 is 1.29 bits per heavy atom. The maximum absolute atomic E-state index is 11.9. The van der Waals surface area contributed by atoms with Crippen molar-refractivity contribution in [2.45, 2.75) is 19.4 Å². The fourth-order valence-corrected chi connectivity index (χ4v) is 1.93. The van der Waals surface area contributed by atoms with Crippen molar-refractivity contribution in [2.24, 2.45) is 11.7 Å². The molecular formula is C13H18N2O2. The van der Waals surface area contributed by atoms with Crippen molar-refractivity contribution in [3.8, 4) is 0 Å². The molecule has 0 aliphatic carbocycles. The lowest BCUT2D eigenvalue weighted by atomic mass is 9.99. The molecule has 4 nitrogen and oxygen atoms in total. The summed E-state index contributed by atoms with van der Waals surface area (Å²) < 4.78 is 5.24. The Balaban J connectivity index is 1.92. The SMILES string of the molecule is NCc1ccc(NC(=O)C2CCOCC2)cc1. The van der Waals surface area contributed by atoms with Gasteiger partial charge >= 0.3 is 0 Å². The highest BCUT2D eigenvalue weighted by atomic mass is 16.5. The second-order valence-electron chi connectivity index (χ2n) is 4.28. The predicted octanol–water partition coefficient (Wildman–Crippen LogP) is 1.51. The lowest BCUT2D eigenvalue weighted by Gasteiger charge is -2.21. The van der Waals surface area contributed by atoms with E-state index in [0.29, 0.717) is 19.8 Å². The fourth-order valence-electron chi connectivity index (χ4n) is 1.93. The number of benzene rings is 1. The van der Waals surface area contributed by atoms with Gasteiger partial charge in [0.15, 0.2) is 0 Å². The molecule has 3 N–H and O–H groups in total. The molecule has 0 radical (unpaired) electrons. The van der Waals surface area contributed by atoms with Crippen LogP contribution in [0.3, 0.4) is 0 Å². The normalized spacial score (nSPS) is 16.8. The van der Waals surface area contributed by atoms with Crippen LogP contribution in [0.25, 0.3) is 0 Å². The van der Waals surface area contributed by atoms with E-state index >= 15 is 0 Å². The van der Waals surface area contributed by atoms with E-state index in [1.807, 2.05) is 24.3 Å². The summed E-state index contributed by atoms with van der Waals surface area (Å²) in [6.07, 6.45) is 1.62. The first kappa shape index (κ1) is 12.1. The molecule has 1 fully saturated rings. The number of amides is 1. The summed E-state index contributed by atoms with van der Waals surface area (Å²) in [5.41, 5.74) is 7.41. The molecule has 0 bridgehead atoms. The van der Waals surface area contributed by atoms with Gasteiger partial charge in [0.25, 0.3) is 0 Å². The molecular weight excluding hydrogens is 216 g/mol. The molecule has 92 valence electrons. The highest BCUT2D eigenvalue weighted by Crippen LogP contribution is 2.17. The zero-order valence-electron chi connectivity index (χ0n) is 9.82. The van der Waals surface area contributed by atoms with E-state index in [4.69, 9.17) is 10.5 Å². The van der Waals surface area contributed by atoms with E-state index in [2.05, 4.69) is 5.32 Å². The standard InChI is InChI=1S/C13H18N2O2/c14-9-10-1-3-12(4-2-10)15-13(16)11-5-7-17-8-6-11/h1-4,11H,5-9,14H2,(H,15,16). The molecule has 0 unspecified atom stereocenters. The van der Waals surface area contributed by atoms with Crippen LogP contribution in [-0.4, -0.2) is 19.1 Å². The van der Waals surface area contributed by atoms with Gasteiger partial charge in [0.1, 0.15) is 0 Å². The Hall–Kier alpha value is -1.39.